The Morgan fingerprint density at radius 3 is 2.39 bits per heavy atom. The minimum atomic E-state index is -0.903. The van der Waals surface area contributed by atoms with Gasteiger partial charge in [-0.1, -0.05) is 6.07 Å². The predicted molar refractivity (Wildman–Crippen MR) is 60.3 cm³/mol. The summed E-state index contributed by atoms with van der Waals surface area (Å²) in [5, 5.41) is 0. The highest BCUT2D eigenvalue weighted by molar-refractivity contribution is 5.99. The molecule has 0 N–H and O–H groups in total. The number of benzene rings is 1. The minimum Gasteiger partial charge on any atom is -0.326 e. The van der Waals surface area contributed by atoms with Gasteiger partial charge in [0.15, 0.2) is 5.78 Å². The second-order valence-corrected chi connectivity index (χ2v) is 4.15. The summed E-state index contributed by atoms with van der Waals surface area (Å²) in [6.07, 6.45) is 0. The van der Waals surface area contributed by atoms with Crippen molar-refractivity contribution in [2.75, 3.05) is 26.7 Å². The van der Waals surface area contributed by atoms with E-state index in [-0.39, 0.29) is 12.6 Å². The Labute approximate surface area is 103 Å². The van der Waals surface area contributed by atoms with Crippen LogP contribution in [0.4, 0.5) is 13.6 Å². The van der Waals surface area contributed by atoms with Crippen molar-refractivity contribution in [3.8, 4) is 0 Å². The molecule has 0 radical (unpaired) electrons. The Bertz CT molecular complexity index is 485. The Balaban J connectivity index is 2.16. The molecule has 0 aromatic heterocycles. The highest BCUT2D eigenvalue weighted by Gasteiger charge is 2.28. The standard InChI is InChI=1S/C12H12F2N2O2/c1-15-5-6-16(12(15)18)7-10(17)11-8(13)3-2-4-9(11)14/h2-4H,5-7H2,1H3. The molecule has 1 aliphatic rings. The van der Waals surface area contributed by atoms with Crippen LogP contribution in [0.1, 0.15) is 10.4 Å². The maximum Gasteiger partial charge on any atom is 0.320 e. The number of rotatable bonds is 3. The van der Waals surface area contributed by atoms with Gasteiger partial charge in [0.2, 0.25) is 0 Å². The number of urea groups is 1. The van der Waals surface area contributed by atoms with Crippen molar-refractivity contribution in [3.63, 3.8) is 0 Å². The third kappa shape index (κ3) is 2.18. The van der Waals surface area contributed by atoms with Crippen LogP contribution in [-0.2, 0) is 0 Å². The van der Waals surface area contributed by atoms with Crippen molar-refractivity contribution < 1.29 is 18.4 Å². The monoisotopic (exact) mass is 254 g/mol. The molecule has 6 heteroatoms. The molecule has 18 heavy (non-hydrogen) atoms. The van der Waals surface area contributed by atoms with E-state index in [0.717, 1.165) is 12.1 Å². The number of carbonyl (C=O) groups is 2. The first-order valence-corrected chi connectivity index (χ1v) is 5.48. The summed E-state index contributed by atoms with van der Waals surface area (Å²) in [6.45, 7) is 0.587. The Hall–Kier alpha value is -1.98. The van der Waals surface area contributed by atoms with Gasteiger partial charge in [0.25, 0.3) is 0 Å². The molecule has 2 amide bonds. The largest absolute Gasteiger partial charge is 0.326 e. The van der Waals surface area contributed by atoms with Crippen LogP contribution < -0.4 is 0 Å². The lowest BCUT2D eigenvalue weighted by atomic mass is 10.1. The minimum absolute atomic E-state index is 0.305. The van der Waals surface area contributed by atoms with Crippen LogP contribution >= 0.6 is 0 Å². The lowest BCUT2D eigenvalue weighted by Gasteiger charge is -2.15. The van der Waals surface area contributed by atoms with E-state index in [4.69, 9.17) is 0 Å². The number of ketones is 1. The van der Waals surface area contributed by atoms with Crippen molar-refractivity contribution in [1.29, 1.82) is 0 Å². The van der Waals surface area contributed by atoms with E-state index in [9.17, 15) is 18.4 Å². The first kappa shape index (κ1) is 12.5. The lowest BCUT2D eigenvalue weighted by molar-refractivity contribution is 0.0943. The van der Waals surface area contributed by atoms with Gasteiger partial charge in [0.1, 0.15) is 11.6 Å². The van der Waals surface area contributed by atoms with Crippen molar-refractivity contribution in [2.45, 2.75) is 0 Å². The molecule has 1 fully saturated rings. The van der Waals surface area contributed by atoms with Crippen molar-refractivity contribution >= 4 is 11.8 Å². The van der Waals surface area contributed by atoms with E-state index in [1.165, 1.54) is 15.9 Å². The molecule has 2 rings (SSSR count). The SMILES string of the molecule is CN1CCN(CC(=O)c2c(F)cccc2F)C1=O. The molecule has 1 aromatic carbocycles. The maximum absolute atomic E-state index is 13.4. The molecule has 1 heterocycles. The van der Waals surface area contributed by atoms with Gasteiger partial charge in [-0.15, -0.1) is 0 Å². The third-order valence-corrected chi connectivity index (χ3v) is 2.88. The first-order valence-electron chi connectivity index (χ1n) is 5.48. The van der Waals surface area contributed by atoms with Gasteiger partial charge in [0.05, 0.1) is 12.1 Å². The summed E-state index contributed by atoms with van der Waals surface area (Å²) in [6, 6.07) is 2.93. The molecule has 0 spiro atoms. The van der Waals surface area contributed by atoms with E-state index in [0.29, 0.717) is 13.1 Å². The predicted octanol–water partition coefficient (Wildman–Crippen LogP) is 1.51. The first-order chi connectivity index (χ1) is 8.50. The smallest absolute Gasteiger partial charge is 0.320 e. The van der Waals surface area contributed by atoms with Crippen LogP contribution in [0.25, 0.3) is 0 Å². The Kier molecular flexibility index (Phi) is 3.27. The van der Waals surface area contributed by atoms with Crippen molar-refractivity contribution in [1.82, 2.24) is 9.80 Å². The Morgan fingerprint density at radius 2 is 1.89 bits per heavy atom. The molecular weight excluding hydrogens is 242 g/mol. The summed E-state index contributed by atoms with van der Waals surface area (Å²) in [5.41, 5.74) is -0.583. The second kappa shape index (κ2) is 4.72. The van der Waals surface area contributed by atoms with Gasteiger partial charge in [-0.25, -0.2) is 13.6 Å². The van der Waals surface area contributed by atoms with Gasteiger partial charge in [-0.05, 0) is 12.1 Å². The van der Waals surface area contributed by atoms with Gasteiger partial charge >= 0.3 is 6.03 Å². The number of halogens is 2. The quantitative estimate of drug-likeness (QED) is 0.767. The van der Waals surface area contributed by atoms with Crippen LogP contribution in [0.5, 0.6) is 0 Å². The summed E-state index contributed by atoms with van der Waals surface area (Å²) in [7, 11) is 1.61. The summed E-state index contributed by atoms with van der Waals surface area (Å²) in [5.74, 6) is -2.53. The molecule has 1 aromatic rings. The van der Waals surface area contributed by atoms with Gasteiger partial charge in [-0.2, -0.15) is 0 Å². The highest BCUT2D eigenvalue weighted by Crippen LogP contribution is 2.15. The van der Waals surface area contributed by atoms with Crippen LogP contribution in [0.15, 0.2) is 18.2 Å². The number of likely N-dealkylation sites (N-methyl/N-ethyl adjacent to an activating group) is 1. The molecule has 4 nitrogen and oxygen atoms in total. The summed E-state index contributed by atoms with van der Waals surface area (Å²) in [4.78, 5) is 26.1. The number of nitrogens with zero attached hydrogens (tertiary/aromatic N) is 2. The number of Topliss-reactive ketones (excluding diaryl/α,β-unsaturated/α-hetero) is 1. The van der Waals surface area contributed by atoms with E-state index in [2.05, 4.69) is 0 Å². The third-order valence-electron chi connectivity index (χ3n) is 2.88. The van der Waals surface area contributed by atoms with Gasteiger partial charge < -0.3 is 9.80 Å². The van der Waals surface area contributed by atoms with E-state index in [1.54, 1.807) is 7.05 Å². The van der Waals surface area contributed by atoms with Gasteiger partial charge in [0, 0.05) is 20.1 Å². The molecule has 0 atom stereocenters. The van der Waals surface area contributed by atoms with E-state index >= 15 is 0 Å². The molecule has 0 saturated carbocycles. The fourth-order valence-corrected chi connectivity index (χ4v) is 1.87. The second-order valence-electron chi connectivity index (χ2n) is 4.15. The maximum atomic E-state index is 13.4. The number of carbonyl (C=O) groups excluding carboxylic acids is 2. The zero-order chi connectivity index (χ0) is 13.3. The van der Waals surface area contributed by atoms with E-state index < -0.39 is 23.0 Å². The summed E-state index contributed by atoms with van der Waals surface area (Å²) < 4.78 is 26.7. The van der Waals surface area contributed by atoms with Crippen LogP contribution in [0.3, 0.4) is 0 Å². The zero-order valence-corrected chi connectivity index (χ0v) is 9.82. The number of hydrogen-bond acceptors (Lipinski definition) is 2. The lowest BCUT2D eigenvalue weighted by Crippen LogP contribution is -2.34. The average Bonchev–Trinajstić information content (AvgIpc) is 2.61. The molecule has 0 bridgehead atoms. The normalized spacial score (nSPS) is 15.4. The van der Waals surface area contributed by atoms with Crippen LogP contribution in [-0.4, -0.2) is 48.3 Å². The van der Waals surface area contributed by atoms with Crippen molar-refractivity contribution in [3.05, 3.63) is 35.4 Å². The van der Waals surface area contributed by atoms with E-state index in [1.807, 2.05) is 0 Å². The fourth-order valence-electron chi connectivity index (χ4n) is 1.87. The molecule has 0 unspecified atom stereocenters. The average molecular weight is 254 g/mol. The van der Waals surface area contributed by atoms with Crippen LogP contribution in [0.2, 0.25) is 0 Å². The van der Waals surface area contributed by atoms with Gasteiger partial charge in [-0.3, -0.25) is 4.79 Å². The molecule has 1 aliphatic heterocycles. The summed E-state index contributed by atoms with van der Waals surface area (Å²) >= 11 is 0. The number of amides is 2. The number of hydrogen-bond donors (Lipinski definition) is 0. The molecule has 96 valence electrons. The zero-order valence-electron chi connectivity index (χ0n) is 9.82. The molecule has 1 saturated heterocycles. The topological polar surface area (TPSA) is 40.6 Å². The fraction of sp³-hybridized carbons (Fsp3) is 0.333. The molecule has 0 aliphatic carbocycles. The Morgan fingerprint density at radius 1 is 1.28 bits per heavy atom. The van der Waals surface area contributed by atoms with Crippen LogP contribution in [0, 0.1) is 11.6 Å². The highest BCUT2D eigenvalue weighted by atomic mass is 19.1. The molecular formula is C12H12F2N2O2. The van der Waals surface area contributed by atoms with Crippen molar-refractivity contribution in [2.24, 2.45) is 0 Å².